The molecular weight excluding hydrogens is 294 g/mol. The first-order valence-corrected chi connectivity index (χ1v) is 7.47. The molecule has 0 atom stereocenters. The molecule has 20 heavy (non-hydrogen) atoms. The van der Waals surface area contributed by atoms with Crippen LogP contribution in [0.25, 0.3) is 11.0 Å². The van der Waals surface area contributed by atoms with Crippen molar-refractivity contribution in [1.82, 2.24) is 19.7 Å². The van der Waals surface area contributed by atoms with Gasteiger partial charge in [0.05, 0.1) is 16.7 Å². The number of benzene rings is 1. The number of nitrogens with zero attached hydrogens (tertiary/aromatic N) is 3. The number of hydrogen-bond donors (Lipinski definition) is 2. The summed E-state index contributed by atoms with van der Waals surface area (Å²) < 4.78 is 1.69. The summed E-state index contributed by atoms with van der Waals surface area (Å²) in [6, 6.07) is 5.64. The van der Waals surface area contributed by atoms with Gasteiger partial charge in [-0.3, -0.25) is 4.68 Å². The molecule has 0 spiro atoms. The molecule has 3 N–H and O–H groups in total. The molecule has 2 heterocycles. The lowest BCUT2D eigenvalue weighted by atomic mass is 10.3. The van der Waals surface area contributed by atoms with Gasteiger partial charge >= 0.3 is 0 Å². The summed E-state index contributed by atoms with van der Waals surface area (Å²) in [4.78, 5) is 7.77. The maximum absolute atomic E-state index is 6.22. The van der Waals surface area contributed by atoms with Gasteiger partial charge in [-0.1, -0.05) is 23.4 Å². The van der Waals surface area contributed by atoms with Crippen LogP contribution < -0.4 is 5.73 Å². The van der Waals surface area contributed by atoms with E-state index in [0.29, 0.717) is 5.15 Å². The molecule has 0 aliphatic rings. The quantitative estimate of drug-likeness (QED) is 0.576. The number of hydrogen-bond acceptors (Lipinski definition) is 4. The van der Waals surface area contributed by atoms with E-state index in [2.05, 4.69) is 15.1 Å². The van der Waals surface area contributed by atoms with Crippen LogP contribution in [0.3, 0.4) is 0 Å². The summed E-state index contributed by atoms with van der Waals surface area (Å²) in [5, 5.41) is 5.83. The van der Waals surface area contributed by atoms with Crippen LogP contribution in [0.4, 0.5) is 5.69 Å². The first-order chi connectivity index (χ1) is 9.54. The standard InChI is InChI=1S/C13H14ClN5S/c1-7-9(12(14)19(2)18-7)6-20-13-16-10-4-3-8(15)5-11(10)17-13/h3-5H,6,15H2,1-2H3,(H,16,17). The normalized spacial score (nSPS) is 11.3. The Labute approximate surface area is 125 Å². The molecule has 3 aromatic rings. The Kier molecular flexibility index (Phi) is 3.35. The number of nitrogen functional groups attached to an aromatic ring is 1. The Morgan fingerprint density at radius 2 is 2.25 bits per heavy atom. The van der Waals surface area contributed by atoms with Gasteiger partial charge in [0.1, 0.15) is 5.15 Å². The van der Waals surface area contributed by atoms with Crippen LogP contribution in [-0.2, 0) is 12.8 Å². The molecule has 7 heteroatoms. The van der Waals surface area contributed by atoms with Gasteiger partial charge in [0, 0.05) is 24.1 Å². The molecule has 0 aliphatic heterocycles. The molecule has 0 unspecified atom stereocenters. The number of fused-ring (bicyclic) bond motifs is 1. The number of H-pyrrole nitrogens is 1. The van der Waals surface area contributed by atoms with E-state index in [9.17, 15) is 0 Å². The average molecular weight is 308 g/mol. The molecule has 0 amide bonds. The Bertz CT molecular complexity index is 777. The summed E-state index contributed by atoms with van der Waals surface area (Å²) in [5.41, 5.74) is 10.3. The fraction of sp³-hybridized carbons (Fsp3) is 0.231. The zero-order valence-corrected chi connectivity index (χ0v) is 12.7. The molecule has 0 radical (unpaired) electrons. The summed E-state index contributed by atoms with van der Waals surface area (Å²) in [7, 11) is 1.84. The van der Waals surface area contributed by atoms with E-state index in [0.717, 1.165) is 38.9 Å². The predicted molar refractivity (Wildman–Crippen MR) is 83.0 cm³/mol. The maximum Gasteiger partial charge on any atom is 0.166 e. The molecule has 0 bridgehead atoms. The lowest BCUT2D eigenvalue weighted by Gasteiger charge is -1.98. The highest BCUT2D eigenvalue weighted by Crippen LogP contribution is 2.28. The van der Waals surface area contributed by atoms with Crippen molar-refractivity contribution in [3.8, 4) is 0 Å². The second-order valence-corrected chi connectivity index (χ2v) is 5.91. The molecule has 104 valence electrons. The van der Waals surface area contributed by atoms with E-state index in [1.54, 1.807) is 16.4 Å². The number of thioether (sulfide) groups is 1. The predicted octanol–water partition coefficient (Wildman–Crippen LogP) is 3.13. The minimum atomic E-state index is 0.676. The molecule has 5 nitrogen and oxygen atoms in total. The zero-order valence-electron chi connectivity index (χ0n) is 11.1. The molecule has 1 aromatic carbocycles. The third-order valence-electron chi connectivity index (χ3n) is 3.11. The number of aromatic amines is 1. The topological polar surface area (TPSA) is 72.5 Å². The zero-order chi connectivity index (χ0) is 14.3. The number of anilines is 1. The highest BCUT2D eigenvalue weighted by Gasteiger charge is 2.12. The second kappa shape index (κ2) is 5.03. The summed E-state index contributed by atoms with van der Waals surface area (Å²) in [6.07, 6.45) is 0. The van der Waals surface area contributed by atoms with Crippen molar-refractivity contribution in [1.29, 1.82) is 0 Å². The van der Waals surface area contributed by atoms with Crippen LogP contribution in [0.2, 0.25) is 5.15 Å². The Morgan fingerprint density at radius 3 is 2.95 bits per heavy atom. The summed E-state index contributed by atoms with van der Waals surface area (Å²) in [6.45, 7) is 1.96. The smallest absolute Gasteiger partial charge is 0.166 e. The molecule has 0 saturated heterocycles. The van der Waals surface area contributed by atoms with Gasteiger partial charge in [-0.15, -0.1) is 0 Å². The van der Waals surface area contributed by atoms with E-state index in [1.165, 1.54) is 0 Å². The number of halogens is 1. The fourth-order valence-corrected chi connectivity index (χ4v) is 3.34. The van der Waals surface area contributed by atoms with E-state index in [-0.39, 0.29) is 0 Å². The molecule has 3 rings (SSSR count). The van der Waals surface area contributed by atoms with Crippen molar-refractivity contribution in [2.45, 2.75) is 17.8 Å². The first-order valence-electron chi connectivity index (χ1n) is 6.10. The van der Waals surface area contributed by atoms with Crippen LogP contribution in [-0.4, -0.2) is 19.7 Å². The van der Waals surface area contributed by atoms with Gasteiger partial charge in [-0.2, -0.15) is 5.10 Å². The fourth-order valence-electron chi connectivity index (χ4n) is 2.05. The molecule has 2 aromatic heterocycles. The van der Waals surface area contributed by atoms with Crippen LogP contribution in [0.1, 0.15) is 11.3 Å². The Hall–Kier alpha value is -1.66. The number of imidazole rings is 1. The number of aromatic nitrogens is 4. The molecule has 0 saturated carbocycles. The minimum absolute atomic E-state index is 0.676. The van der Waals surface area contributed by atoms with Gasteiger partial charge in [0.15, 0.2) is 5.16 Å². The van der Waals surface area contributed by atoms with E-state index in [1.807, 2.05) is 32.2 Å². The lowest BCUT2D eigenvalue weighted by Crippen LogP contribution is -1.89. The van der Waals surface area contributed by atoms with Crippen LogP contribution in [0.5, 0.6) is 0 Å². The van der Waals surface area contributed by atoms with Crippen molar-refractivity contribution in [2.24, 2.45) is 7.05 Å². The third kappa shape index (κ3) is 2.36. The largest absolute Gasteiger partial charge is 0.399 e. The Morgan fingerprint density at radius 1 is 1.45 bits per heavy atom. The van der Waals surface area contributed by atoms with E-state index < -0.39 is 0 Å². The maximum atomic E-state index is 6.22. The van der Waals surface area contributed by atoms with Gasteiger partial charge in [-0.25, -0.2) is 4.98 Å². The number of rotatable bonds is 3. The first kappa shape index (κ1) is 13.3. The van der Waals surface area contributed by atoms with Crippen molar-refractivity contribution < 1.29 is 0 Å². The van der Waals surface area contributed by atoms with Crippen molar-refractivity contribution in [2.75, 3.05) is 5.73 Å². The highest BCUT2D eigenvalue weighted by atomic mass is 35.5. The monoisotopic (exact) mass is 307 g/mol. The second-order valence-electron chi connectivity index (χ2n) is 4.59. The minimum Gasteiger partial charge on any atom is -0.399 e. The van der Waals surface area contributed by atoms with Gasteiger partial charge < -0.3 is 10.7 Å². The SMILES string of the molecule is Cc1nn(C)c(Cl)c1CSc1nc2ccc(N)cc2[nH]1. The van der Waals surface area contributed by atoms with Gasteiger partial charge in [0.2, 0.25) is 0 Å². The summed E-state index contributed by atoms with van der Waals surface area (Å²) in [5.74, 6) is 0.730. The molecular formula is C13H14ClN5S. The molecule has 0 fully saturated rings. The van der Waals surface area contributed by atoms with Crippen molar-refractivity contribution in [3.63, 3.8) is 0 Å². The van der Waals surface area contributed by atoms with Crippen molar-refractivity contribution >= 4 is 40.1 Å². The van der Waals surface area contributed by atoms with Crippen molar-refractivity contribution in [3.05, 3.63) is 34.6 Å². The summed E-state index contributed by atoms with van der Waals surface area (Å²) >= 11 is 7.82. The average Bonchev–Trinajstić information content (AvgIpc) is 2.89. The van der Waals surface area contributed by atoms with E-state index >= 15 is 0 Å². The van der Waals surface area contributed by atoms with Gasteiger partial charge in [-0.05, 0) is 25.1 Å². The third-order valence-corrected chi connectivity index (χ3v) is 4.48. The van der Waals surface area contributed by atoms with Gasteiger partial charge in [0.25, 0.3) is 0 Å². The van der Waals surface area contributed by atoms with E-state index in [4.69, 9.17) is 17.3 Å². The van der Waals surface area contributed by atoms with Crippen LogP contribution >= 0.6 is 23.4 Å². The van der Waals surface area contributed by atoms with Crippen LogP contribution in [0, 0.1) is 6.92 Å². The lowest BCUT2D eigenvalue weighted by molar-refractivity contribution is 0.757. The van der Waals surface area contributed by atoms with Crippen LogP contribution in [0.15, 0.2) is 23.4 Å². The molecule has 0 aliphatic carbocycles. The number of aryl methyl sites for hydroxylation is 2. The number of nitrogens with one attached hydrogen (secondary N) is 1. The highest BCUT2D eigenvalue weighted by molar-refractivity contribution is 7.98. The Balaban J connectivity index is 1.83. The number of nitrogens with two attached hydrogens (primary N) is 1.